The number of carbonyl (C=O) groups is 1. The molecule has 2 aromatic carbocycles. The van der Waals surface area contributed by atoms with Gasteiger partial charge in [0.15, 0.2) is 0 Å². The van der Waals surface area contributed by atoms with Crippen LogP contribution >= 0.6 is 11.8 Å². The summed E-state index contributed by atoms with van der Waals surface area (Å²) in [6.45, 7) is 8.35. The van der Waals surface area contributed by atoms with Crippen LogP contribution in [0.3, 0.4) is 0 Å². The number of carboxylic acids is 1. The number of thioether (sulfide) groups is 1. The van der Waals surface area contributed by atoms with E-state index in [9.17, 15) is 14.3 Å². The van der Waals surface area contributed by atoms with Crippen LogP contribution in [0, 0.1) is 17.8 Å². The van der Waals surface area contributed by atoms with Gasteiger partial charge in [-0.3, -0.25) is 4.79 Å². The summed E-state index contributed by atoms with van der Waals surface area (Å²) < 4.78 is 21.2. The van der Waals surface area contributed by atoms with E-state index in [1.807, 2.05) is 12.1 Å². The van der Waals surface area contributed by atoms with E-state index in [2.05, 4.69) is 56.0 Å². The highest BCUT2D eigenvalue weighted by atomic mass is 32.2. The molecule has 1 N–H and O–H groups in total. The van der Waals surface area contributed by atoms with Gasteiger partial charge in [0.05, 0.1) is 6.61 Å². The second-order valence-corrected chi connectivity index (χ2v) is 14.3. The van der Waals surface area contributed by atoms with Crippen molar-refractivity contribution in [3.63, 3.8) is 0 Å². The summed E-state index contributed by atoms with van der Waals surface area (Å²) in [5, 5.41) is 8.21. The van der Waals surface area contributed by atoms with Gasteiger partial charge in [-0.2, -0.15) is 4.90 Å². The topological polar surface area (TPSA) is 49.8 Å². The minimum atomic E-state index is -1.39. The molecule has 0 bridgehead atoms. The second-order valence-electron chi connectivity index (χ2n) is 12.5. The Morgan fingerprint density at radius 1 is 1.10 bits per heavy atom. The molecule has 3 unspecified atom stereocenters. The summed E-state index contributed by atoms with van der Waals surface area (Å²) in [7, 11) is 0. The first kappa shape index (κ1) is 32.9. The normalized spacial score (nSPS) is 21.9. The van der Waals surface area contributed by atoms with Crippen molar-refractivity contribution in [2.45, 2.75) is 113 Å². The third-order valence-electron chi connectivity index (χ3n) is 9.13. The Morgan fingerprint density at radius 3 is 2.45 bits per heavy atom. The number of halogens is 1. The van der Waals surface area contributed by atoms with E-state index in [1.54, 1.807) is 0 Å². The number of para-hydroxylation sites is 1. The fourth-order valence-electron chi connectivity index (χ4n) is 6.73. The zero-order valence-corrected chi connectivity index (χ0v) is 27.2. The van der Waals surface area contributed by atoms with Crippen molar-refractivity contribution in [3.05, 3.63) is 48.0 Å². The summed E-state index contributed by atoms with van der Waals surface area (Å²) in [6.07, 6.45) is 10.9. The van der Waals surface area contributed by atoms with Crippen molar-refractivity contribution in [2.24, 2.45) is 17.8 Å². The molecule has 4 rings (SSSR count). The molecule has 0 aromatic heterocycles. The average Bonchev–Trinajstić information content (AvgIpc) is 3.38. The number of benzene rings is 2. The molecule has 2 aliphatic rings. The molecule has 0 radical (unpaired) electrons. The zero-order chi connectivity index (χ0) is 30.1. The van der Waals surface area contributed by atoms with E-state index in [1.165, 1.54) is 63.1 Å². The van der Waals surface area contributed by atoms with Crippen molar-refractivity contribution < 1.29 is 19.0 Å². The summed E-state index contributed by atoms with van der Waals surface area (Å²) in [6, 6.07) is 14.5. The highest BCUT2D eigenvalue weighted by Crippen LogP contribution is 2.51. The third kappa shape index (κ3) is 8.56. The maximum Gasteiger partial charge on any atom is 0.319 e. The number of rotatable bonds is 15. The number of carboxylic acid groups (broad SMARTS) is 1. The minimum Gasteiger partial charge on any atom is -0.778 e. The molecule has 2 fully saturated rings. The van der Waals surface area contributed by atoms with Crippen molar-refractivity contribution in [3.8, 4) is 5.75 Å². The minimum absolute atomic E-state index is 0.155. The van der Waals surface area contributed by atoms with Gasteiger partial charge in [0.1, 0.15) is 17.2 Å². The van der Waals surface area contributed by atoms with Gasteiger partial charge in [0, 0.05) is 34.8 Å². The van der Waals surface area contributed by atoms with Crippen LogP contribution in [-0.2, 0) is 17.4 Å². The lowest BCUT2D eigenvalue weighted by Crippen LogP contribution is -2.34. The highest BCUT2D eigenvalue weighted by molar-refractivity contribution is 8.01. The molecular weight excluding hydrogens is 566 g/mol. The number of hydrogen-bond acceptors (Lipinski definition) is 5. The van der Waals surface area contributed by atoms with Crippen LogP contribution in [-0.4, -0.2) is 35.6 Å². The standard InChI is InChI=1S/C35H50FNO3S2/c1-4-5-6-7-14-19-40-31-22-30(32(41)20-27(31)33-21-29(36)34(42-33)35(38)39)37(26-17-12-9-13-18-26)23-28(24(2)3)25-15-10-8-11-16-25/h9,12-13,17-18,20,22,24-25,28-29,33-34,41H,4-8,10-11,14-16,19,21,23H2,1-3H3,(H,38,39)/p-1/t28-,29?,33?,34?/m1/s1. The maximum atomic E-state index is 14.8. The van der Waals surface area contributed by atoms with E-state index in [4.69, 9.17) is 17.4 Å². The number of ether oxygens (including phenoxy) is 1. The molecule has 2 aromatic rings. The van der Waals surface area contributed by atoms with Gasteiger partial charge in [0.2, 0.25) is 0 Å². The number of hydrogen-bond donors (Lipinski definition) is 1. The van der Waals surface area contributed by atoms with E-state index in [0.717, 1.165) is 36.3 Å². The van der Waals surface area contributed by atoms with E-state index < -0.39 is 17.4 Å². The van der Waals surface area contributed by atoms with E-state index >= 15 is 0 Å². The van der Waals surface area contributed by atoms with Gasteiger partial charge < -0.3 is 27.4 Å². The fourth-order valence-corrected chi connectivity index (χ4v) is 8.40. The van der Waals surface area contributed by atoms with Crippen LogP contribution in [0.15, 0.2) is 47.4 Å². The van der Waals surface area contributed by atoms with Crippen molar-refractivity contribution in [1.82, 2.24) is 0 Å². The molecular formula is C35H49FNO3S2-. The first-order valence-corrected chi connectivity index (χ1v) is 17.5. The van der Waals surface area contributed by atoms with Crippen LogP contribution in [0.2, 0.25) is 0 Å². The summed E-state index contributed by atoms with van der Waals surface area (Å²) in [5.74, 6) is 1.37. The fraction of sp³-hybridized carbons (Fsp3) is 0.629. The molecule has 1 saturated carbocycles. The molecule has 0 amide bonds. The average molecular weight is 615 g/mol. The maximum absolute atomic E-state index is 14.8. The smallest absolute Gasteiger partial charge is 0.319 e. The van der Waals surface area contributed by atoms with Crippen molar-refractivity contribution in [2.75, 3.05) is 18.1 Å². The number of aliphatic carboxylic acids is 1. The van der Waals surface area contributed by atoms with Gasteiger partial charge in [-0.25, -0.2) is 4.39 Å². The predicted molar refractivity (Wildman–Crippen MR) is 176 cm³/mol. The molecule has 42 heavy (non-hydrogen) atoms. The lowest BCUT2D eigenvalue weighted by Gasteiger charge is -2.39. The quantitative estimate of drug-likeness (QED) is 0.159. The highest BCUT2D eigenvalue weighted by Gasteiger charge is 2.41. The molecule has 7 heteroatoms. The molecule has 4 atom stereocenters. The van der Waals surface area contributed by atoms with E-state index in [0.29, 0.717) is 35.0 Å². The zero-order valence-electron chi connectivity index (χ0n) is 25.6. The van der Waals surface area contributed by atoms with Gasteiger partial charge in [-0.05, 0) is 42.7 Å². The first-order chi connectivity index (χ1) is 20.3. The Kier molecular flexibility index (Phi) is 12.7. The van der Waals surface area contributed by atoms with Crippen LogP contribution in [0.5, 0.6) is 5.75 Å². The SMILES string of the molecule is CCCCCCCOc1cc(N(C[C@H](C(C)C)C2CCCCC2)c2ccccc2)c([S-])cc1C1CC(F)C(C(=O)O)S1. The van der Waals surface area contributed by atoms with Gasteiger partial charge in [0.25, 0.3) is 0 Å². The van der Waals surface area contributed by atoms with Crippen LogP contribution in [0.1, 0.15) is 102 Å². The Hall–Kier alpha value is -1.99. The second kappa shape index (κ2) is 16.2. The van der Waals surface area contributed by atoms with Gasteiger partial charge >= 0.3 is 5.97 Å². The number of nitrogens with zero attached hydrogens (tertiary/aromatic N) is 1. The molecule has 1 saturated heterocycles. The Labute approximate surface area is 262 Å². The van der Waals surface area contributed by atoms with E-state index in [-0.39, 0.29) is 11.7 Å². The van der Waals surface area contributed by atoms with Crippen molar-refractivity contribution in [1.29, 1.82) is 0 Å². The molecule has 0 spiro atoms. The molecule has 1 aliphatic carbocycles. The molecule has 4 nitrogen and oxygen atoms in total. The van der Waals surface area contributed by atoms with Gasteiger partial charge in [-0.15, -0.1) is 11.8 Å². The Balaban J connectivity index is 1.69. The molecule has 1 aliphatic heterocycles. The lowest BCUT2D eigenvalue weighted by atomic mass is 9.74. The van der Waals surface area contributed by atoms with Crippen LogP contribution in [0.4, 0.5) is 15.8 Å². The Bertz CT molecular complexity index is 1120. The number of alkyl halides is 1. The third-order valence-corrected chi connectivity index (χ3v) is 11.0. The van der Waals surface area contributed by atoms with Crippen LogP contribution < -0.4 is 9.64 Å². The van der Waals surface area contributed by atoms with Crippen LogP contribution in [0.25, 0.3) is 0 Å². The van der Waals surface area contributed by atoms with Crippen molar-refractivity contribution >= 4 is 41.7 Å². The number of unbranched alkanes of at least 4 members (excludes halogenated alkanes) is 4. The monoisotopic (exact) mass is 614 g/mol. The summed E-state index contributed by atoms with van der Waals surface area (Å²) in [4.78, 5) is 14.8. The predicted octanol–water partition coefficient (Wildman–Crippen LogP) is 9.90. The lowest BCUT2D eigenvalue weighted by molar-refractivity contribution is -0.137. The number of anilines is 2. The Morgan fingerprint density at radius 2 is 1.81 bits per heavy atom. The largest absolute Gasteiger partial charge is 0.778 e. The van der Waals surface area contributed by atoms with Gasteiger partial charge in [-0.1, -0.05) is 103 Å². The summed E-state index contributed by atoms with van der Waals surface area (Å²) >= 11 is 7.25. The summed E-state index contributed by atoms with van der Waals surface area (Å²) in [5.41, 5.74) is 2.87. The first-order valence-electron chi connectivity index (χ1n) is 16.1. The molecule has 232 valence electrons. The molecule has 1 heterocycles.